The van der Waals surface area contributed by atoms with Crippen molar-refractivity contribution in [2.24, 2.45) is 5.92 Å². The summed E-state index contributed by atoms with van der Waals surface area (Å²) >= 11 is 0. The van der Waals surface area contributed by atoms with E-state index in [1.54, 1.807) is 11.2 Å². The van der Waals surface area contributed by atoms with Crippen LogP contribution < -0.4 is 5.32 Å². The molecule has 0 aliphatic carbocycles. The minimum atomic E-state index is -0.985. The van der Waals surface area contributed by atoms with E-state index in [1.165, 1.54) is 0 Å². The molecular weight excluding hydrogens is 288 g/mol. The number of hydrogen-bond donors (Lipinski definition) is 2. The van der Waals surface area contributed by atoms with Crippen LogP contribution in [-0.2, 0) is 17.3 Å². The average molecular weight is 310 g/mol. The molecule has 2 amide bonds. The Hall–Kier alpha value is -1.40. The molecule has 1 aliphatic rings. The van der Waals surface area contributed by atoms with Crippen molar-refractivity contribution in [2.75, 3.05) is 19.4 Å². The third kappa shape index (κ3) is 3.83. The van der Waals surface area contributed by atoms with Crippen LogP contribution in [0.5, 0.6) is 0 Å². The molecule has 1 aromatic rings. The molecule has 0 bridgehead atoms. The standard InChI is InChI=1S/C15H22N2O3S/c1-11-7-8-17(14(11)10-18)15(19)16-9-12-3-5-13(6-4-12)21(2)20/h3-6,11,14,18H,7-10H2,1-2H3,(H,16,19)/t11-,14-,21-/m1/s1. The number of nitrogens with zero attached hydrogens (tertiary/aromatic N) is 1. The number of amides is 2. The van der Waals surface area contributed by atoms with Gasteiger partial charge in [0.15, 0.2) is 0 Å². The number of aliphatic hydroxyl groups is 1. The lowest BCUT2D eigenvalue weighted by molar-refractivity contribution is 0.143. The third-order valence-corrected chi connectivity index (χ3v) is 4.97. The average Bonchev–Trinajstić information content (AvgIpc) is 2.86. The van der Waals surface area contributed by atoms with E-state index in [9.17, 15) is 14.1 Å². The van der Waals surface area contributed by atoms with E-state index in [2.05, 4.69) is 12.2 Å². The Morgan fingerprint density at radius 1 is 1.43 bits per heavy atom. The Bertz CT molecular complexity index is 518. The Labute approximate surface area is 127 Å². The van der Waals surface area contributed by atoms with Gasteiger partial charge in [0.2, 0.25) is 0 Å². The molecule has 1 heterocycles. The Kier molecular flexibility index (Phi) is 5.36. The highest BCUT2D eigenvalue weighted by Gasteiger charge is 2.33. The predicted molar refractivity (Wildman–Crippen MR) is 82.4 cm³/mol. The minimum absolute atomic E-state index is 0.00555. The molecule has 2 N–H and O–H groups in total. The van der Waals surface area contributed by atoms with Gasteiger partial charge < -0.3 is 15.3 Å². The second-order valence-electron chi connectivity index (χ2n) is 5.47. The van der Waals surface area contributed by atoms with E-state index in [4.69, 9.17) is 0 Å². The first kappa shape index (κ1) is 16.0. The second kappa shape index (κ2) is 7.04. The van der Waals surface area contributed by atoms with Crippen LogP contribution >= 0.6 is 0 Å². The summed E-state index contributed by atoms with van der Waals surface area (Å²) in [5, 5.41) is 12.2. The summed E-state index contributed by atoms with van der Waals surface area (Å²) in [5.74, 6) is 0.333. The number of benzene rings is 1. The highest BCUT2D eigenvalue weighted by Crippen LogP contribution is 2.23. The van der Waals surface area contributed by atoms with Crippen LogP contribution in [0.3, 0.4) is 0 Å². The molecule has 0 radical (unpaired) electrons. The summed E-state index contributed by atoms with van der Waals surface area (Å²) < 4.78 is 11.3. The van der Waals surface area contributed by atoms with Gasteiger partial charge in [0, 0.05) is 35.0 Å². The van der Waals surface area contributed by atoms with Gasteiger partial charge in [-0.2, -0.15) is 0 Å². The normalized spacial score (nSPS) is 23.1. The van der Waals surface area contributed by atoms with Crippen molar-refractivity contribution in [1.82, 2.24) is 10.2 Å². The summed E-state index contributed by atoms with van der Waals surface area (Å²) in [6.45, 7) is 3.17. The molecule has 1 fully saturated rings. The van der Waals surface area contributed by atoms with E-state index in [-0.39, 0.29) is 18.7 Å². The third-order valence-electron chi connectivity index (χ3n) is 4.03. The fraction of sp³-hybridized carbons (Fsp3) is 0.533. The molecule has 5 nitrogen and oxygen atoms in total. The Morgan fingerprint density at radius 2 is 2.10 bits per heavy atom. The van der Waals surface area contributed by atoms with Gasteiger partial charge in [-0.1, -0.05) is 19.1 Å². The quantitative estimate of drug-likeness (QED) is 0.881. The van der Waals surface area contributed by atoms with Crippen molar-refractivity contribution >= 4 is 16.8 Å². The molecule has 2 rings (SSSR count). The molecule has 1 aromatic carbocycles. The van der Waals surface area contributed by atoms with Crippen molar-refractivity contribution in [3.05, 3.63) is 29.8 Å². The summed E-state index contributed by atoms with van der Waals surface area (Å²) in [7, 11) is -0.985. The van der Waals surface area contributed by atoms with Crippen molar-refractivity contribution in [3.8, 4) is 0 Å². The molecule has 0 saturated carbocycles. The lowest BCUT2D eigenvalue weighted by atomic mass is 10.0. The number of hydrogen-bond acceptors (Lipinski definition) is 3. The number of likely N-dealkylation sites (tertiary alicyclic amines) is 1. The monoisotopic (exact) mass is 310 g/mol. The molecule has 1 aliphatic heterocycles. The molecule has 6 heteroatoms. The maximum atomic E-state index is 12.2. The van der Waals surface area contributed by atoms with E-state index >= 15 is 0 Å². The van der Waals surface area contributed by atoms with Crippen molar-refractivity contribution in [1.29, 1.82) is 0 Å². The molecule has 21 heavy (non-hydrogen) atoms. The van der Waals surface area contributed by atoms with Crippen molar-refractivity contribution in [3.63, 3.8) is 0 Å². The smallest absolute Gasteiger partial charge is 0.318 e. The number of aliphatic hydroxyl groups excluding tert-OH is 1. The number of carbonyl (C=O) groups excluding carboxylic acids is 1. The zero-order valence-corrected chi connectivity index (χ0v) is 13.2. The summed E-state index contributed by atoms with van der Waals surface area (Å²) in [6, 6.07) is 7.13. The summed E-state index contributed by atoms with van der Waals surface area (Å²) in [4.78, 5) is 14.6. The minimum Gasteiger partial charge on any atom is -0.394 e. The van der Waals surface area contributed by atoms with Crippen LogP contribution in [0.25, 0.3) is 0 Å². The lowest BCUT2D eigenvalue weighted by Crippen LogP contribution is -2.45. The Morgan fingerprint density at radius 3 is 2.67 bits per heavy atom. The van der Waals surface area contributed by atoms with Gasteiger partial charge >= 0.3 is 6.03 Å². The SMILES string of the molecule is C[C@@H]1CCN(C(=O)NCc2ccc([S@@](C)=O)cc2)[C@@H]1CO. The molecule has 0 aromatic heterocycles. The van der Waals surface area contributed by atoms with Crippen LogP contribution in [0.15, 0.2) is 29.2 Å². The van der Waals surface area contributed by atoms with Crippen LogP contribution in [0.4, 0.5) is 4.79 Å². The maximum Gasteiger partial charge on any atom is 0.318 e. The number of urea groups is 1. The van der Waals surface area contributed by atoms with Crippen LogP contribution in [0.1, 0.15) is 18.9 Å². The van der Waals surface area contributed by atoms with E-state index in [0.29, 0.717) is 19.0 Å². The largest absolute Gasteiger partial charge is 0.394 e. The molecule has 116 valence electrons. The fourth-order valence-corrected chi connectivity index (χ4v) is 3.14. The maximum absolute atomic E-state index is 12.2. The van der Waals surface area contributed by atoms with Gasteiger partial charge in [-0.3, -0.25) is 4.21 Å². The van der Waals surface area contributed by atoms with Gasteiger partial charge in [0.25, 0.3) is 0 Å². The first-order valence-electron chi connectivity index (χ1n) is 7.10. The second-order valence-corrected chi connectivity index (χ2v) is 6.85. The predicted octanol–water partition coefficient (Wildman–Crippen LogP) is 1.34. The number of nitrogens with one attached hydrogen (secondary N) is 1. The van der Waals surface area contributed by atoms with Gasteiger partial charge in [0.05, 0.1) is 12.6 Å². The highest BCUT2D eigenvalue weighted by molar-refractivity contribution is 7.84. The molecule has 0 spiro atoms. The van der Waals surface area contributed by atoms with Gasteiger partial charge in [-0.25, -0.2) is 4.79 Å². The zero-order chi connectivity index (χ0) is 15.4. The number of rotatable bonds is 4. The topological polar surface area (TPSA) is 69.6 Å². The summed E-state index contributed by atoms with van der Waals surface area (Å²) in [5.41, 5.74) is 0.963. The molecule has 1 saturated heterocycles. The molecule has 0 unspecified atom stereocenters. The van der Waals surface area contributed by atoms with Crippen LogP contribution in [0.2, 0.25) is 0 Å². The number of carbonyl (C=O) groups is 1. The van der Waals surface area contributed by atoms with E-state index in [0.717, 1.165) is 16.9 Å². The first-order valence-corrected chi connectivity index (χ1v) is 8.66. The molecular formula is C15H22N2O3S. The Balaban J connectivity index is 1.90. The van der Waals surface area contributed by atoms with E-state index in [1.807, 2.05) is 24.3 Å². The lowest BCUT2D eigenvalue weighted by Gasteiger charge is -2.25. The summed E-state index contributed by atoms with van der Waals surface area (Å²) in [6.07, 6.45) is 2.57. The highest BCUT2D eigenvalue weighted by atomic mass is 32.2. The van der Waals surface area contributed by atoms with Crippen LogP contribution in [0, 0.1) is 5.92 Å². The van der Waals surface area contributed by atoms with Gasteiger partial charge in [-0.05, 0) is 30.0 Å². The zero-order valence-electron chi connectivity index (χ0n) is 12.4. The van der Waals surface area contributed by atoms with E-state index < -0.39 is 10.8 Å². The first-order chi connectivity index (χ1) is 10.0. The van der Waals surface area contributed by atoms with Crippen molar-refractivity contribution in [2.45, 2.75) is 30.8 Å². The van der Waals surface area contributed by atoms with Gasteiger partial charge in [-0.15, -0.1) is 0 Å². The van der Waals surface area contributed by atoms with Gasteiger partial charge in [0.1, 0.15) is 0 Å². The fourth-order valence-electron chi connectivity index (χ4n) is 2.62. The van der Waals surface area contributed by atoms with Crippen LogP contribution in [-0.4, -0.2) is 45.7 Å². The molecule has 3 atom stereocenters. The van der Waals surface area contributed by atoms with Crippen molar-refractivity contribution < 1.29 is 14.1 Å².